The van der Waals surface area contributed by atoms with Crippen LogP contribution < -0.4 is 9.64 Å². The van der Waals surface area contributed by atoms with Crippen LogP contribution in [0.3, 0.4) is 0 Å². The summed E-state index contributed by atoms with van der Waals surface area (Å²) in [5, 5.41) is 0. The Morgan fingerprint density at radius 3 is 2.73 bits per heavy atom. The van der Waals surface area contributed by atoms with Crippen molar-refractivity contribution >= 4 is 23.6 Å². The Labute approximate surface area is 128 Å². The number of carbonyl (C=O) groups is 2. The number of aldehydes is 1. The fraction of sp³-hybridized carbons (Fsp3) is 0.176. The molecule has 0 bridgehead atoms. The predicted molar refractivity (Wildman–Crippen MR) is 81.7 cm³/mol. The van der Waals surface area contributed by atoms with E-state index in [-0.39, 0.29) is 6.61 Å². The van der Waals surface area contributed by atoms with Crippen molar-refractivity contribution in [1.29, 1.82) is 0 Å². The van der Waals surface area contributed by atoms with Crippen LogP contribution in [0.25, 0.3) is 0 Å². The number of anilines is 2. The van der Waals surface area contributed by atoms with Gasteiger partial charge in [0.25, 0.3) is 0 Å². The second-order valence-corrected chi connectivity index (χ2v) is 4.89. The van der Waals surface area contributed by atoms with Crippen LogP contribution in [0.2, 0.25) is 0 Å². The number of esters is 1. The van der Waals surface area contributed by atoms with Crippen molar-refractivity contribution in [3.63, 3.8) is 0 Å². The standard InChI is InChI=1S/C17H15NO4/c1-21-17(20)12-7-8-16-15(9-12)18(14(10-19)11-22-16)13-5-3-2-4-6-13/h2-10,14H,11H2,1H3. The van der Waals surface area contributed by atoms with Gasteiger partial charge in [-0.3, -0.25) is 0 Å². The molecule has 2 aromatic carbocycles. The van der Waals surface area contributed by atoms with Crippen molar-refractivity contribution in [2.75, 3.05) is 18.6 Å². The molecule has 0 spiro atoms. The third-order valence-electron chi connectivity index (χ3n) is 3.57. The van der Waals surface area contributed by atoms with E-state index >= 15 is 0 Å². The van der Waals surface area contributed by atoms with E-state index in [0.717, 1.165) is 12.0 Å². The normalized spacial score (nSPS) is 16.4. The van der Waals surface area contributed by atoms with Gasteiger partial charge in [-0.25, -0.2) is 4.79 Å². The van der Waals surface area contributed by atoms with E-state index in [2.05, 4.69) is 0 Å². The van der Waals surface area contributed by atoms with Crippen molar-refractivity contribution in [2.45, 2.75) is 6.04 Å². The minimum Gasteiger partial charge on any atom is -0.489 e. The smallest absolute Gasteiger partial charge is 0.337 e. The number of carbonyl (C=O) groups excluding carboxylic acids is 2. The van der Waals surface area contributed by atoms with Crippen LogP contribution in [0.4, 0.5) is 11.4 Å². The molecule has 0 radical (unpaired) electrons. The zero-order valence-electron chi connectivity index (χ0n) is 12.1. The summed E-state index contributed by atoms with van der Waals surface area (Å²) in [6, 6.07) is 14.1. The molecule has 1 aliphatic heterocycles. The number of hydrogen-bond acceptors (Lipinski definition) is 5. The van der Waals surface area contributed by atoms with Gasteiger partial charge in [-0.15, -0.1) is 0 Å². The van der Waals surface area contributed by atoms with Gasteiger partial charge >= 0.3 is 5.97 Å². The summed E-state index contributed by atoms with van der Waals surface area (Å²) < 4.78 is 10.4. The van der Waals surface area contributed by atoms with E-state index in [1.165, 1.54) is 7.11 Å². The van der Waals surface area contributed by atoms with Gasteiger partial charge in [-0.2, -0.15) is 0 Å². The third kappa shape index (κ3) is 2.41. The first kappa shape index (κ1) is 14.1. The molecule has 0 amide bonds. The first-order valence-corrected chi connectivity index (χ1v) is 6.89. The first-order chi connectivity index (χ1) is 10.7. The topological polar surface area (TPSA) is 55.8 Å². The fourth-order valence-electron chi connectivity index (χ4n) is 2.52. The molecule has 1 unspecified atom stereocenters. The Bertz CT molecular complexity index is 699. The van der Waals surface area contributed by atoms with E-state index in [9.17, 15) is 9.59 Å². The molecule has 5 heteroatoms. The van der Waals surface area contributed by atoms with Gasteiger partial charge in [0.2, 0.25) is 0 Å². The van der Waals surface area contributed by atoms with Gasteiger partial charge < -0.3 is 19.2 Å². The van der Waals surface area contributed by atoms with Crippen molar-refractivity contribution in [3.05, 3.63) is 54.1 Å². The number of rotatable bonds is 3. The lowest BCUT2D eigenvalue weighted by Crippen LogP contribution is -2.41. The maximum absolute atomic E-state index is 11.7. The van der Waals surface area contributed by atoms with Gasteiger partial charge in [-0.1, -0.05) is 18.2 Å². The summed E-state index contributed by atoms with van der Waals surface area (Å²) >= 11 is 0. The molecule has 0 fully saturated rings. The minimum atomic E-state index is -0.442. The highest BCUT2D eigenvalue weighted by Gasteiger charge is 2.29. The second-order valence-electron chi connectivity index (χ2n) is 4.89. The van der Waals surface area contributed by atoms with Crippen LogP contribution in [-0.4, -0.2) is 32.0 Å². The molecule has 1 heterocycles. The SMILES string of the molecule is COC(=O)c1ccc2c(c1)N(c1ccccc1)C(C=O)CO2. The molecular weight excluding hydrogens is 282 g/mol. The van der Waals surface area contributed by atoms with Gasteiger partial charge in [0, 0.05) is 5.69 Å². The van der Waals surface area contributed by atoms with Crippen molar-refractivity contribution in [2.24, 2.45) is 0 Å². The molecule has 0 saturated carbocycles. The van der Waals surface area contributed by atoms with Crippen LogP contribution >= 0.6 is 0 Å². The van der Waals surface area contributed by atoms with Gasteiger partial charge in [0.1, 0.15) is 24.7 Å². The molecule has 0 aromatic heterocycles. The molecule has 0 saturated heterocycles. The van der Waals surface area contributed by atoms with Gasteiger partial charge in [0.05, 0.1) is 18.4 Å². The van der Waals surface area contributed by atoms with Gasteiger partial charge in [0.15, 0.2) is 0 Å². The van der Waals surface area contributed by atoms with E-state index in [0.29, 0.717) is 17.0 Å². The number of methoxy groups -OCH3 is 1. The Balaban J connectivity index is 2.12. The largest absolute Gasteiger partial charge is 0.489 e. The number of hydrogen-bond donors (Lipinski definition) is 0. The van der Waals surface area contributed by atoms with Crippen LogP contribution in [0.1, 0.15) is 10.4 Å². The maximum atomic E-state index is 11.7. The number of benzene rings is 2. The molecule has 3 rings (SSSR count). The quantitative estimate of drug-likeness (QED) is 0.644. The summed E-state index contributed by atoms with van der Waals surface area (Å²) in [7, 11) is 1.33. The monoisotopic (exact) mass is 297 g/mol. The highest BCUT2D eigenvalue weighted by molar-refractivity contribution is 5.92. The molecule has 0 aliphatic carbocycles. The Kier molecular flexibility index (Phi) is 3.78. The van der Waals surface area contributed by atoms with Gasteiger partial charge in [-0.05, 0) is 30.3 Å². The average Bonchev–Trinajstić information content (AvgIpc) is 2.60. The van der Waals surface area contributed by atoms with Crippen molar-refractivity contribution < 1.29 is 19.1 Å². The van der Waals surface area contributed by atoms with Crippen molar-refractivity contribution in [3.8, 4) is 5.75 Å². The van der Waals surface area contributed by atoms with E-state index in [4.69, 9.17) is 9.47 Å². The number of nitrogens with zero attached hydrogens (tertiary/aromatic N) is 1. The second kappa shape index (κ2) is 5.89. The first-order valence-electron chi connectivity index (χ1n) is 6.89. The van der Waals surface area contributed by atoms with E-state index in [1.807, 2.05) is 35.2 Å². The van der Waals surface area contributed by atoms with E-state index in [1.54, 1.807) is 18.2 Å². The lowest BCUT2D eigenvalue weighted by molar-refractivity contribution is -0.109. The van der Waals surface area contributed by atoms with Crippen LogP contribution in [-0.2, 0) is 9.53 Å². The summed E-state index contributed by atoms with van der Waals surface area (Å²) in [5.74, 6) is 0.207. The molecule has 22 heavy (non-hydrogen) atoms. The fourth-order valence-corrected chi connectivity index (χ4v) is 2.52. The summed E-state index contributed by atoms with van der Waals surface area (Å²) in [6.07, 6.45) is 0.848. The molecule has 0 N–H and O–H groups in total. The van der Waals surface area contributed by atoms with Crippen LogP contribution in [0.5, 0.6) is 5.75 Å². The molecule has 5 nitrogen and oxygen atoms in total. The number of ether oxygens (including phenoxy) is 2. The average molecular weight is 297 g/mol. The molecule has 1 aliphatic rings. The Morgan fingerprint density at radius 2 is 2.05 bits per heavy atom. The summed E-state index contributed by atoms with van der Waals surface area (Å²) in [4.78, 5) is 25.0. The molecule has 2 aromatic rings. The van der Waals surface area contributed by atoms with E-state index < -0.39 is 12.0 Å². The predicted octanol–water partition coefficient (Wildman–Crippen LogP) is 2.57. The zero-order chi connectivity index (χ0) is 15.5. The third-order valence-corrected chi connectivity index (χ3v) is 3.57. The van der Waals surface area contributed by atoms with Crippen LogP contribution in [0, 0.1) is 0 Å². The highest BCUT2D eigenvalue weighted by Crippen LogP contribution is 2.39. The molecule has 1 atom stereocenters. The lowest BCUT2D eigenvalue weighted by atomic mass is 10.1. The van der Waals surface area contributed by atoms with Crippen molar-refractivity contribution in [1.82, 2.24) is 0 Å². The Hall–Kier alpha value is -2.82. The van der Waals surface area contributed by atoms with Crippen LogP contribution in [0.15, 0.2) is 48.5 Å². The molecule has 112 valence electrons. The Morgan fingerprint density at radius 1 is 1.27 bits per heavy atom. The highest BCUT2D eigenvalue weighted by atomic mass is 16.5. The number of para-hydroxylation sites is 1. The minimum absolute atomic E-state index is 0.267. The molecular formula is C17H15NO4. The summed E-state index contributed by atoms with van der Waals surface area (Å²) in [5.41, 5.74) is 1.96. The number of fused-ring (bicyclic) bond motifs is 1. The zero-order valence-corrected chi connectivity index (χ0v) is 12.1. The maximum Gasteiger partial charge on any atom is 0.337 e. The lowest BCUT2D eigenvalue weighted by Gasteiger charge is -2.36. The summed E-state index contributed by atoms with van der Waals surface area (Å²) in [6.45, 7) is 0.267.